The summed E-state index contributed by atoms with van der Waals surface area (Å²) >= 11 is 5.91. The van der Waals surface area contributed by atoms with Crippen molar-refractivity contribution in [3.05, 3.63) is 112 Å². The number of carboxylic acid groups (broad SMARTS) is 1. The van der Waals surface area contributed by atoms with Crippen LogP contribution >= 0.6 is 11.6 Å². The number of aromatic carboxylic acids is 1. The van der Waals surface area contributed by atoms with Crippen molar-refractivity contribution in [3.63, 3.8) is 0 Å². The molecule has 3 heterocycles. The molecule has 11 heteroatoms. The van der Waals surface area contributed by atoms with E-state index in [-0.39, 0.29) is 56.9 Å². The van der Waals surface area contributed by atoms with Crippen molar-refractivity contribution in [2.24, 2.45) is 0 Å². The number of benzene rings is 4. The first-order valence-corrected chi connectivity index (χ1v) is 14.3. The van der Waals surface area contributed by atoms with Crippen LogP contribution < -0.4 is 9.47 Å². The molecule has 2 aliphatic rings. The summed E-state index contributed by atoms with van der Waals surface area (Å²) in [5.41, 5.74) is 1.54. The second-order valence-corrected chi connectivity index (χ2v) is 11.4. The Balaban J connectivity index is 1.23. The summed E-state index contributed by atoms with van der Waals surface area (Å²) in [5, 5.41) is 9.70. The van der Waals surface area contributed by atoms with Crippen LogP contribution in [-0.2, 0) is 23.5 Å². The quantitative estimate of drug-likeness (QED) is 0.203. The van der Waals surface area contributed by atoms with Crippen LogP contribution in [0.4, 0.5) is 13.2 Å². The maximum atomic E-state index is 15.8. The topological polar surface area (TPSA) is 82.8 Å². The van der Waals surface area contributed by atoms with Gasteiger partial charge in [-0.15, -0.1) is 0 Å². The molecule has 2 atom stereocenters. The zero-order valence-electron chi connectivity index (χ0n) is 23.2. The molecule has 7 rings (SSSR count). The second kappa shape index (κ2) is 10.6. The largest absolute Gasteiger partial charge is 0.478 e. The number of para-hydroxylation sites is 1. The highest BCUT2D eigenvalue weighted by Gasteiger charge is 2.42. The molecule has 1 fully saturated rings. The number of carboxylic acids is 1. The lowest BCUT2D eigenvalue weighted by molar-refractivity contribution is -0.0705. The molecule has 1 saturated heterocycles. The second-order valence-electron chi connectivity index (χ2n) is 10.9. The van der Waals surface area contributed by atoms with Crippen LogP contribution in [0.15, 0.2) is 66.7 Å². The first-order chi connectivity index (χ1) is 21.1. The Morgan fingerprint density at radius 1 is 1.02 bits per heavy atom. The fourth-order valence-corrected chi connectivity index (χ4v) is 5.84. The Morgan fingerprint density at radius 3 is 2.57 bits per heavy atom. The van der Waals surface area contributed by atoms with Gasteiger partial charge in [0.2, 0.25) is 0 Å². The van der Waals surface area contributed by atoms with Gasteiger partial charge in [0, 0.05) is 36.1 Å². The van der Waals surface area contributed by atoms with Gasteiger partial charge < -0.3 is 23.9 Å². The number of carbonyl (C=O) groups is 1. The van der Waals surface area contributed by atoms with Crippen LogP contribution in [0.3, 0.4) is 0 Å². The summed E-state index contributed by atoms with van der Waals surface area (Å²) in [6.07, 6.45) is 0.692. The van der Waals surface area contributed by atoms with Gasteiger partial charge in [0.15, 0.2) is 11.5 Å². The summed E-state index contributed by atoms with van der Waals surface area (Å²) in [6, 6.07) is 15.7. The van der Waals surface area contributed by atoms with E-state index >= 15 is 8.78 Å². The Kier molecular flexibility index (Phi) is 6.78. The molecule has 2 unspecified atom stereocenters. The predicted molar refractivity (Wildman–Crippen MR) is 156 cm³/mol. The Labute approximate surface area is 254 Å². The minimum Gasteiger partial charge on any atom is -0.478 e. The lowest BCUT2D eigenvalue weighted by Gasteiger charge is -2.27. The van der Waals surface area contributed by atoms with Gasteiger partial charge in [0.05, 0.1) is 34.8 Å². The number of halogens is 4. The first kappa shape index (κ1) is 28.2. The number of aromatic nitrogens is 2. The predicted octanol–water partition coefficient (Wildman–Crippen LogP) is 7.50. The van der Waals surface area contributed by atoms with Gasteiger partial charge >= 0.3 is 5.97 Å². The number of rotatable bonds is 7. The van der Waals surface area contributed by atoms with Gasteiger partial charge in [0.25, 0.3) is 5.79 Å². The zero-order chi connectivity index (χ0) is 30.7. The molecule has 0 radical (unpaired) electrons. The van der Waals surface area contributed by atoms with Crippen LogP contribution in [0.5, 0.6) is 11.5 Å². The molecule has 0 bridgehead atoms. The van der Waals surface area contributed by atoms with Gasteiger partial charge in [-0.3, -0.25) is 0 Å². The van der Waals surface area contributed by atoms with E-state index in [1.807, 2.05) is 4.57 Å². The number of fused-ring (bicyclic) bond motifs is 2. The third-order valence-corrected chi connectivity index (χ3v) is 8.26. The standard InChI is InChI=1S/C33H24ClF3N2O5/c1-33(23-7-6-19(34)14-26(23)37)43-29-4-2-3-21(31(29)44-33)22-15-24(35)18(11-25(22)36)13-30-38-27-8-5-17(32(40)41)12-28(27)39(30)16-20-9-10-42-20/h2-8,11-12,14-15,20H,9-10,13,16H2,1H3,(H,40,41). The molecular weight excluding hydrogens is 597 g/mol. The van der Waals surface area contributed by atoms with Crippen LogP contribution in [0.25, 0.3) is 22.2 Å². The van der Waals surface area contributed by atoms with Crippen molar-refractivity contribution in [1.29, 1.82) is 0 Å². The highest BCUT2D eigenvalue weighted by atomic mass is 35.5. The Hall–Kier alpha value is -4.54. The molecule has 0 spiro atoms. The van der Waals surface area contributed by atoms with Gasteiger partial charge in [0.1, 0.15) is 23.3 Å². The van der Waals surface area contributed by atoms with Crippen molar-refractivity contribution >= 4 is 28.6 Å². The third kappa shape index (κ3) is 4.84. The number of imidazole rings is 1. The molecule has 2 aliphatic heterocycles. The van der Waals surface area contributed by atoms with E-state index in [1.54, 1.807) is 24.3 Å². The van der Waals surface area contributed by atoms with Gasteiger partial charge in [-0.25, -0.2) is 22.9 Å². The Morgan fingerprint density at radius 2 is 1.84 bits per heavy atom. The normalized spacial score (nSPS) is 18.9. The summed E-state index contributed by atoms with van der Waals surface area (Å²) in [7, 11) is 0. The molecule has 44 heavy (non-hydrogen) atoms. The minimum atomic E-state index is -1.56. The lowest BCUT2D eigenvalue weighted by atomic mass is 10.00. The molecule has 7 nitrogen and oxygen atoms in total. The average Bonchev–Trinajstić information content (AvgIpc) is 3.48. The van der Waals surface area contributed by atoms with Crippen molar-refractivity contribution in [2.45, 2.75) is 38.2 Å². The summed E-state index contributed by atoms with van der Waals surface area (Å²) < 4.78 is 65.7. The number of hydrogen-bond donors (Lipinski definition) is 1. The minimum absolute atomic E-state index is 0.0484. The van der Waals surface area contributed by atoms with Crippen LogP contribution in [0.2, 0.25) is 5.02 Å². The van der Waals surface area contributed by atoms with Gasteiger partial charge in [-0.2, -0.15) is 0 Å². The number of hydrogen-bond acceptors (Lipinski definition) is 5. The van der Waals surface area contributed by atoms with Crippen molar-refractivity contribution < 1.29 is 37.3 Å². The highest BCUT2D eigenvalue weighted by Crippen LogP contribution is 2.50. The van der Waals surface area contributed by atoms with Crippen LogP contribution in [-0.4, -0.2) is 33.3 Å². The molecule has 0 saturated carbocycles. The zero-order valence-corrected chi connectivity index (χ0v) is 24.0. The van der Waals surface area contributed by atoms with Gasteiger partial charge in [-0.05, 0) is 66.6 Å². The third-order valence-electron chi connectivity index (χ3n) is 8.03. The number of nitrogens with zero attached hydrogens (tertiary/aromatic N) is 2. The Bertz CT molecular complexity index is 1980. The van der Waals surface area contributed by atoms with E-state index < -0.39 is 29.2 Å². The first-order valence-electron chi connectivity index (χ1n) is 13.9. The van der Waals surface area contributed by atoms with E-state index in [4.69, 9.17) is 25.8 Å². The SMILES string of the molecule is CC1(c2ccc(Cl)cc2F)Oc2cccc(-c3cc(F)c(Cc4nc5ccc(C(=O)O)cc5n4CC4CCO4)cc3F)c2O1. The lowest BCUT2D eigenvalue weighted by Crippen LogP contribution is -2.32. The number of ether oxygens (including phenoxy) is 3. The molecule has 5 aromatic rings. The van der Waals surface area contributed by atoms with E-state index in [1.165, 1.54) is 31.2 Å². The maximum Gasteiger partial charge on any atom is 0.335 e. The fourth-order valence-electron chi connectivity index (χ4n) is 5.68. The van der Waals surface area contributed by atoms with Crippen molar-refractivity contribution in [1.82, 2.24) is 9.55 Å². The highest BCUT2D eigenvalue weighted by molar-refractivity contribution is 6.30. The monoisotopic (exact) mass is 620 g/mol. The molecule has 4 aromatic carbocycles. The van der Waals surface area contributed by atoms with Crippen LogP contribution in [0, 0.1) is 17.5 Å². The molecule has 0 aliphatic carbocycles. The smallest absolute Gasteiger partial charge is 0.335 e. The molecule has 0 amide bonds. The molecule has 224 valence electrons. The van der Waals surface area contributed by atoms with E-state index in [0.29, 0.717) is 30.0 Å². The fraction of sp³-hybridized carbons (Fsp3) is 0.212. The summed E-state index contributed by atoms with van der Waals surface area (Å²) in [6.45, 7) is 2.56. The van der Waals surface area contributed by atoms with E-state index in [9.17, 15) is 14.3 Å². The average molecular weight is 621 g/mol. The summed E-state index contributed by atoms with van der Waals surface area (Å²) in [4.78, 5) is 16.2. The molecule has 1 aromatic heterocycles. The van der Waals surface area contributed by atoms with Crippen molar-refractivity contribution in [3.8, 4) is 22.6 Å². The van der Waals surface area contributed by atoms with E-state index in [2.05, 4.69) is 4.98 Å². The summed E-state index contributed by atoms with van der Waals surface area (Å²) in [5.74, 6) is -3.82. The van der Waals surface area contributed by atoms with E-state index in [0.717, 1.165) is 24.6 Å². The molecular formula is C33H24ClF3N2O5. The maximum absolute atomic E-state index is 15.8. The van der Waals surface area contributed by atoms with Crippen LogP contribution in [0.1, 0.15) is 40.7 Å². The van der Waals surface area contributed by atoms with Gasteiger partial charge in [-0.1, -0.05) is 23.7 Å². The van der Waals surface area contributed by atoms with Crippen molar-refractivity contribution in [2.75, 3.05) is 6.61 Å². The molecule has 1 N–H and O–H groups in total.